The topological polar surface area (TPSA) is 78.5 Å². The number of imide groups is 1. The largest absolute Gasteiger partial charge is 0.325 e. The normalized spacial score (nSPS) is 18.5. The standard InChI is InChI=1S/C23H26FN3O3/c1-4-5-12-23(17-7-9-18(24)10-8-17)21(29)27(22(30)26-23)14-20(28)25-19-11-6-15(2)13-16(19)3/h6-11,13H,4-5,12,14H2,1-3H3,(H,25,28)(H,26,30). The Morgan fingerprint density at radius 2 is 1.83 bits per heavy atom. The first kappa shape index (κ1) is 21.5. The Labute approximate surface area is 175 Å². The Morgan fingerprint density at radius 3 is 2.47 bits per heavy atom. The van der Waals surface area contributed by atoms with Gasteiger partial charge < -0.3 is 10.6 Å². The fraction of sp³-hybridized carbons (Fsp3) is 0.348. The van der Waals surface area contributed by atoms with E-state index < -0.39 is 35.7 Å². The molecule has 1 fully saturated rings. The number of nitrogens with one attached hydrogen (secondary N) is 2. The van der Waals surface area contributed by atoms with Gasteiger partial charge in [0.05, 0.1) is 0 Å². The van der Waals surface area contributed by atoms with Crippen molar-refractivity contribution in [2.24, 2.45) is 0 Å². The molecule has 2 N–H and O–H groups in total. The Kier molecular flexibility index (Phi) is 6.20. The van der Waals surface area contributed by atoms with E-state index in [1.807, 2.05) is 32.9 Å². The van der Waals surface area contributed by atoms with Crippen LogP contribution in [-0.4, -0.2) is 29.3 Å². The maximum Gasteiger partial charge on any atom is 0.325 e. The molecule has 3 rings (SSSR count). The molecule has 1 aliphatic rings. The number of carbonyl (C=O) groups is 3. The van der Waals surface area contributed by atoms with Gasteiger partial charge in [0.25, 0.3) is 5.91 Å². The van der Waals surface area contributed by atoms with E-state index in [9.17, 15) is 18.8 Å². The molecular formula is C23H26FN3O3. The second kappa shape index (κ2) is 8.65. The molecule has 7 heteroatoms. The third-order valence-corrected chi connectivity index (χ3v) is 5.38. The van der Waals surface area contributed by atoms with Gasteiger partial charge in [0.2, 0.25) is 5.91 Å². The summed E-state index contributed by atoms with van der Waals surface area (Å²) in [5.41, 5.74) is 1.81. The lowest BCUT2D eigenvalue weighted by Crippen LogP contribution is -2.44. The van der Waals surface area contributed by atoms with Crippen molar-refractivity contribution < 1.29 is 18.8 Å². The van der Waals surface area contributed by atoms with E-state index in [0.717, 1.165) is 22.4 Å². The summed E-state index contributed by atoms with van der Waals surface area (Å²) in [5, 5.41) is 5.52. The van der Waals surface area contributed by atoms with E-state index in [1.165, 1.54) is 24.3 Å². The van der Waals surface area contributed by atoms with Gasteiger partial charge >= 0.3 is 6.03 Å². The molecule has 0 aliphatic carbocycles. The lowest BCUT2D eigenvalue weighted by molar-refractivity contribution is -0.134. The van der Waals surface area contributed by atoms with E-state index in [2.05, 4.69) is 10.6 Å². The minimum atomic E-state index is -1.29. The summed E-state index contributed by atoms with van der Waals surface area (Å²) >= 11 is 0. The fourth-order valence-corrected chi connectivity index (χ4v) is 3.74. The molecule has 1 unspecified atom stereocenters. The zero-order chi connectivity index (χ0) is 21.9. The Morgan fingerprint density at radius 1 is 1.13 bits per heavy atom. The number of urea groups is 1. The van der Waals surface area contributed by atoms with E-state index in [0.29, 0.717) is 24.1 Å². The summed E-state index contributed by atoms with van der Waals surface area (Å²) in [6.45, 7) is 5.42. The maximum absolute atomic E-state index is 13.4. The van der Waals surface area contributed by atoms with Crippen LogP contribution in [0.4, 0.5) is 14.9 Å². The summed E-state index contributed by atoms with van der Waals surface area (Å²) in [6, 6.07) is 10.5. The smallest absolute Gasteiger partial charge is 0.324 e. The number of hydrogen-bond donors (Lipinski definition) is 2. The Hall–Kier alpha value is -3.22. The van der Waals surface area contributed by atoms with Crippen LogP contribution < -0.4 is 10.6 Å². The van der Waals surface area contributed by atoms with Gasteiger partial charge in [0.15, 0.2) is 0 Å². The van der Waals surface area contributed by atoms with E-state index in [1.54, 1.807) is 6.07 Å². The minimum absolute atomic E-state index is 0.370. The third kappa shape index (κ3) is 4.20. The van der Waals surface area contributed by atoms with Crippen molar-refractivity contribution >= 4 is 23.5 Å². The molecule has 0 saturated carbocycles. The number of aryl methyl sites for hydroxylation is 2. The van der Waals surface area contributed by atoms with Crippen LogP contribution in [0.15, 0.2) is 42.5 Å². The molecular weight excluding hydrogens is 385 g/mol. The third-order valence-electron chi connectivity index (χ3n) is 5.38. The Bertz CT molecular complexity index is 974. The van der Waals surface area contributed by atoms with Gasteiger partial charge in [-0.1, -0.05) is 49.6 Å². The van der Waals surface area contributed by atoms with E-state index in [-0.39, 0.29) is 0 Å². The summed E-state index contributed by atoms with van der Waals surface area (Å²) in [6.07, 6.45) is 1.88. The molecule has 4 amide bonds. The quantitative estimate of drug-likeness (QED) is 0.676. The first-order chi connectivity index (χ1) is 14.3. The highest BCUT2D eigenvalue weighted by Crippen LogP contribution is 2.34. The number of amides is 4. The van der Waals surface area contributed by atoms with Crippen LogP contribution in [-0.2, 0) is 15.1 Å². The average Bonchev–Trinajstić information content (AvgIpc) is 2.94. The number of carbonyl (C=O) groups excluding carboxylic acids is 3. The van der Waals surface area contributed by atoms with Gasteiger partial charge in [-0.25, -0.2) is 9.18 Å². The Balaban J connectivity index is 1.82. The second-order valence-electron chi connectivity index (χ2n) is 7.70. The highest BCUT2D eigenvalue weighted by molar-refractivity contribution is 6.10. The molecule has 30 heavy (non-hydrogen) atoms. The lowest BCUT2D eigenvalue weighted by Gasteiger charge is -2.27. The number of benzene rings is 2. The predicted octanol–water partition coefficient (Wildman–Crippen LogP) is 4.02. The van der Waals surface area contributed by atoms with Crippen LogP contribution in [0.5, 0.6) is 0 Å². The lowest BCUT2D eigenvalue weighted by atomic mass is 9.85. The monoisotopic (exact) mass is 411 g/mol. The van der Waals surface area contributed by atoms with Crippen LogP contribution in [0.3, 0.4) is 0 Å². The van der Waals surface area contributed by atoms with Gasteiger partial charge in [-0.15, -0.1) is 0 Å². The van der Waals surface area contributed by atoms with Gasteiger partial charge in [-0.3, -0.25) is 14.5 Å². The van der Waals surface area contributed by atoms with Crippen LogP contribution in [0.2, 0.25) is 0 Å². The minimum Gasteiger partial charge on any atom is -0.324 e. The van der Waals surface area contributed by atoms with Crippen molar-refractivity contribution in [3.05, 3.63) is 65.0 Å². The summed E-state index contributed by atoms with van der Waals surface area (Å²) in [7, 11) is 0. The molecule has 158 valence electrons. The van der Waals surface area contributed by atoms with E-state index in [4.69, 9.17) is 0 Å². The van der Waals surface area contributed by atoms with E-state index >= 15 is 0 Å². The number of halogens is 1. The molecule has 1 atom stereocenters. The molecule has 0 radical (unpaired) electrons. The zero-order valence-corrected chi connectivity index (χ0v) is 17.4. The molecule has 2 aromatic rings. The number of rotatable bonds is 7. The van der Waals surface area contributed by atoms with Crippen LogP contribution in [0.1, 0.15) is 42.9 Å². The number of anilines is 1. The molecule has 1 aliphatic heterocycles. The molecule has 1 heterocycles. The second-order valence-corrected chi connectivity index (χ2v) is 7.70. The fourth-order valence-electron chi connectivity index (χ4n) is 3.74. The van der Waals surface area contributed by atoms with Crippen LogP contribution in [0, 0.1) is 19.7 Å². The van der Waals surface area contributed by atoms with Gasteiger partial charge in [-0.05, 0) is 49.6 Å². The van der Waals surface area contributed by atoms with Crippen molar-refractivity contribution in [2.45, 2.75) is 45.6 Å². The molecule has 0 aromatic heterocycles. The van der Waals surface area contributed by atoms with Crippen LogP contribution >= 0.6 is 0 Å². The van der Waals surface area contributed by atoms with Crippen LogP contribution in [0.25, 0.3) is 0 Å². The molecule has 2 aromatic carbocycles. The number of unbranched alkanes of at least 4 members (excludes halogenated alkanes) is 1. The van der Waals surface area contributed by atoms with Crippen molar-refractivity contribution in [1.29, 1.82) is 0 Å². The van der Waals surface area contributed by atoms with Crippen molar-refractivity contribution in [3.63, 3.8) is 0 Å². The zero-order valence-electron chi connectivity index (χ0n) is 17.4. The maximum atomic E-state index is 13.4. The van der Waals surface area contributed by atoms with Gasteiger partial charge in [0.1, 0.15) is 17.9 Å². The molecule has 1 saturated heterocycles. The first-order valence-electron chi connectivity index (χ1n) is 10.0. The first-order valence-corrected chi connectivity index (χ1v) is 10.0. The molecule has 6 nitrogen and oxygen atoms in total. The molecule has 0 spiro atoms. The van der Waals surface area contributed by atoms with Crippen molar-refractivity contribution in [2.75, 3.05) is 11.9 Å². The van der Waals surface area contributed by atoms with Crippen molar-refractivity contribution in [3.8, 4) is 0 Å². The summed E-state index contributed by atoms with van der Waals surface area (Å²) in [4.78, 5) is 39.4. The molecule has 0 bridgehead atoms. The van der Waals surface area contributed by atoms with Gasteiger partial charge in [0, 0.05) is 5.69 Å². The summed E-state index contributed by atoms with van der Waals surface area (Å²) < 4.78 is 13.4. The highest BCUT2D eigenvalue weighted by Gasteiger charge is 2.52. The SMILES string of the molecule is CCCCC1(c2ccc(F)cc2)NC(=O)N(CC(=O)Nc2ccc(C)cc2C)C1=O. The van der Waals surface area contributed by atoms with Gasteiger partial charge in [-0.2, -0.15) is 0 Å². The average molecular weight is 411 g/mol. The highest BCUT2D eigenvalue weighted by atomic mass is 19.1. The van der Waals surface area contributed by atoms with Crippen molar-refractivity contribution in [1.82, 2.24) is 10.2 Å². The predicted molar refractivity (Wildman–Crippen MR) is 112 cm³/mol. The number of nitrogens with zero attached hydrogens (tertiary/aromatic N) is 1. The number of hydrogen-bond acceptors (Lipinski definition) is 3. The summed E-state index contributed by atoms with van der Waals surface area (Å²) in [5.74, 6) is -1.38.